The van der Waals surface area contributed by atoms with Gasteiger partial charge in [0.25, 0.3) is 0 Å². The minimum Gasteiger partial charge on any atom is -0.480 e. The van der Waals surface area contributed by atoms with E-state index in [0.29, 0.717) is 23.2 Å². The third-order valence-electron chi connectivity index (χ3n) is 3.09. The van der Waals surface area contributed by atoms with E-state index in [9.17, 15) is 9.59 Å². The van der Waals surface area contributed by atoms with E-state index in [4.69, 9.17) is 16.7 Å². The zero-order valence-corrected chi connectivity index (χ0v) is 11.8. The maximum Gasteiger partial charge on any atom is 0.317 e. The van der Waals surface area contributed by atoms with Crippen LogP contribution in [0.25, 0.3) is 0 Å². The topological polar surface area (TPSA) is 69.6 Å². The Balaban J connectivity index is 1.90. The summed E-state index contributed by atoms with van der Waals surface area (Å²) in [6, 6.07) is 6.96. The third-order valence-corrected chi connectivity index (χ3v) is 3.42. The van der Waals surface area contributed by atoms with Crippen molar-refractivity contribution in [3.63, 3.8) is 0 Å². The lowest BCUT2D eigenvalue weighted by atomic mass is 10.3. The zero-order chi connectivity index (χ0) is 14.5. The van der Waals surface area contributed by atoms with Crippen LogP contribution in [0.4, 0.5) is 5.69 Å². The molecule has 0 saturated heterocycles. The van der Waals surface area contributed by atoms with E-state index in [1.807, 2.05) is 0 Å². The molecule has 0 bridgehead atoms. The zero-order valence-electron chi connectivity index (χ0n) is 11.0. The summed E-state index contributed by atoms with van der Waals surface area (Å²) in [6.07, 6.45) is 2.23. The van der Waals surface area contributed by atoms with Gasteiger partial charge in [-0.25, -0.2) is 0 Å². The standard InChI is InChI=1S/C14H17ClN2O3/c15-11-3-1-2-4-12(11)16-13(18)8-17(9-14(19)20)7-10-5-6-10/h1-4,10H,5-9H2,(H,16,18)(H,19,20). The van der Waals surface area contributed by atoms with Crippen molar-refractivity contribution >= 4 is 29.2 Å². The van der Waals surface area contributed by atoms with Crippen molar-refractivity contribution in [2.75, 3.05) is 25.0 Å². The average molecular weight is 297 g/mol. The van der Waals surface area contributed by atoms with Crippen LogP contribution in [0.5, 0.6) is 0 Å². The van der Waals surface area contributed by atoms with Gasteiger partial charge >= 0.3 is 5.97 Å². The molecule has 1 aliphatic rings. The number of carboxylic acid groups (broad SMARTS) is 1. The normalized spacial score (nSPS) is 14.3. The molecule has 0 aromatic heterocycles. The van der Waals surface area contributed by atoms with Crippen LogP contribution in [0.2, 0.25) is 5.02 Å². The summed E-state index contributed by atoms with van der Waals surface area (Å²) in [6.45, 7) is 0.600. The van der Waals surface area contributed by atoms with Crippen LogP contribution < -0.4 is 5.32 Å². The molecule has 1 amide bonds. The summed E-state index contributed by atoms with van der Waals surface area (Å²) in [4.78, 5) is 24.4. The van der Waals surface area contributed by atoms with Crippen LogP contribution in [0, 0.1) is 5.92 Å². The second-order valence-corrected chi connectivity index (χ2v) is 5.44. The Labute approximate surface area is 122 Å². The van der Waals surface area contributed by atoms with Gasteiger partial charge in [0.2, 0.25) is 5.91 Å². The molecular weight excluding hydrogens is 280 g/mol. The van der Waals surface area contributed by atoms with Crippen molar-refractivity contribution in [1.82, 2.24) is 4.90 Å². The van der Waals surface area contributed by atoms with Crippen molar-refractivity contribution in [1.29, 1.82) is 0 Å². The first-order chi connectivity index (χ1) is 9.54. The molecule has 1 aromatic rings. The molecule has 2 rings (SSSR count). The minimum absolute atomic E-state index is 0.0635. The van der Waals surface area contributed by atoms with E-state index in [0.717, 1.165) is 12.8 Å². The Kier molecular flexibility index (Phi) is 4.98. The summed E-state index contributed by atoms with van der Waals surface area (Å²) >= 11 is 5.96. The smallest absolute Gasteiger partial charge is 0.317 e. The lowest BCUT2D eigenvalue weighted by Gasteiger charge is -2.19. The number of para-hydroxylation sites is 1. The fraction of sp³-hybridized carbons (Fsp3) is 0.429. The van der Waals surface area contributed by atoms with Crippen LogP contribution in [0.15, 0.2) is 24.3 Å². The SMILES string of the molecule is O=C(O)CN(CC(=O)Nc1ccccc1Cl)CC1CC1. The molecule has 0 spiro atoms. The summed E-state index contributed by atoms with van der Waals surface area (Å²) in [5.74, 6) is -0.640. The average Bonchev–Trinajstić information content (AvgIpc) is 3.15. The van der Waals surface area contributed by atoms with Crippen LogP contribution >= 0.6 is 11.6 Å². The lowest BCUT2D eigenvalue weighted by molar-refractivity contribution is -0.138. The largest absolute Gasteiger partial charge is 0.480 e. The Morgan fingerprint density at radius 3 is 2.60 bits per heavy atom. The molecule has 1 aliphatic carbocycles. The molecule has 0 radical (unpaired) electrons. The number of carbonyl (C=O) groups is 2. The van der Waals surface area contributed by atoms with Crippen molar-refractivity contribution in [2.24, 2.45) is 5.92 Å². The van der Waals surface area contributed by atoms with Crippen LogP contribution in [-0.2, 0) is 9.59 Å². The van der Waals surface area contributed by atoms with Crippen molar-refractivity contribution < 1.29 is 14.7 Å². The molecule has 20 heavy (non-hydrogen) atoms. The van der Waals surface area contributed by atoms with Crippen molar-refractivity contribution in [2.45, 2.75) is 12.8 Å². The maximum atomic E-state index is 12.0. The first kappa shape index (κ1) is 14.8. The molecular formula is C14H17ClN2O3. The quantitative estimate of drug-likeness (QED) is 0.808. The molecule has 0 atom stereocenters. The number of hydrogen-bond donors (Lipinski definition) is 2. The number of carbonyl (C=O) groups excluding carboxylic acids is 1. The molecule has 1 aromatic carbocycles. The highest BCUT2D eigenvalue weighted by Gasteiger charge is 2.26. The highest BCUT2D eigenvalue weighted by Crippen LogP contribution is 2.29. The number of nitrogens with one attached hydrogen (secondary N) is 1. The Bertz CT molecular complexity index is 503. The van der Waals surface area contributed by atoms with Gasteiger partial charge in [-0.3, -0.25) is 14.5 Å². The maximum absolute atomic E-state index is 12.0. The van der Waals surface area contributed by atoms with Gasteiger partial charge in [-0.15, -0.1) is 0 Å². The van der Waals surface area contributed by atoms with E-state index < -0.39 is 5.97 Å². The lowest BCUT2D eigenvalue weighted by Crippen LogP contribution is -2.38. The van der Waals surface area contributed by atoms with E-state index >= 15 is 0 Å². The number of amides is 1. The number of carboxylic acids is 1. The van der Waals surface area contributed by atoms with Crippen LogP contribution in [0.3, 0.4) is 0 Å². The molecule has 0 aliphatic heterocycles. The molecule has 2 N–H and O–H groups in total. The van der Waals surface area contributed by atoms with Gasteiger partial charge < -0.3 is 10.4 Å². The monoisotopic (exact) mass is 296 g/mol. The number of nitrogens with zero attached hydrogens (tertiary/aromatic N) is 1. The van der Waals surface area contributed by atoms with Gasteiger partial charge in [-0.05, 0) is 30.9 Å². The van der Waals surface area contributed by atoms with Crippen molar-refractivity contribution in [3.05, 3.63) is 29.3 Å². The number of rotatable bonds is 7. The third kappa shape index (κ3) is 4.83. The summed E-state index contributed by atoms with van der Waals surface area (Å²) in [7, 11) is 0. The number of halogens is 1. The van der Waals surface area contributed by atoms with Gasteiger partial charge in [0, 0.05) is 6.54 Å². The van der Waals surface area contributed by atoms with Gasteiger partial charge in [0.1, 0.15) is 0 Å². The Hall–Kier alpha value is -1.59. The van der Waals surface area contributed by atoms with E-state index in [-0.39, 0.29) is 19.0 Å². The molecule has 1 saturated carbocycles. The van der Waals surface area contributed by atoms with Gasteiger partial charge in [-0.1, -0.05) is 23.7 Å². The van der Waals surface area contributed by atoms with E-state index in [1.165, 1.54) is 0 Å². The second-order valence-electron chi connectivity index (χ2n) is 5.03. The van der Waals surface area contributed by atoms with Crippen molar-refractivity contribution in [3.8, 4) is 0 Å². The molecule has 108 valence electrons. The number of anilines is 1. The molecule has 0 heterocycles. The number of benzene rings is 1. The second kappa shape index (κ2) is 6.72. The predicted molar refractivity (Wildman–Crippen MR) is 76.9 cm³/mol. The van der Waals surface area contributed by atoms with Gasteiger partial charge in [0.15, 0.2) is 0 Å². The first-order valence-corrected chi connectivity index (χ1v) is 6.91. The van der Waals surface area contributed by atoms with E-state index in [1.54, 1.807) is 29.2 Å². The fourth-order valence-corrected chi connectivity index (χ4v) is 2.18. The van der Waals surface area contributed by atoms with E-state index in [2.05, 4.69) is 5.32 Å². The molecule has 1 fully saturated rings. The number of hydrogen-bond acceptors (Lipinski definition) is 3. The summed E-state index contributed by atoms with van der Waals surface area (Å²) in [5.41, 5.74) is 0.542. The minimum atomic E-state index is -0.920. The van der Waals surface area contributed by atoms with Crippen LogP contribution in [-0.4, -0.2) is 41.5 Å². The Morgan fingerprint density at radius 1 is 1.30 bits per heavy atom. The fourth-order valence-electron chi connectivity index (χ4n) is 2.00. The molecule has 5 nitrogen and oxygen atoms in total. The first-order valence-electron chi connectivity index (χ1n) is 6.53. The molecule has 0 unspecified atom stereocenters. The molecule has 6 heteroatoms. The Morgan fingerprint density at radius 2 is 2.00 bits per heavy atom. The van der Waals surface area contributed by atoms with Gasteiger partial charge in [0.05, 0.1) is 23.8 Å². The number of aliphatic carboxylic acids is 1. The summed E-state index contributed by atoms with van der Waals surface area (Å²) in [5, 5.41) is 12.0. The highest BCUT2D eigenvalue weighted by atomic mass is 35.5. The van der Waals surface area contributed by atoms with Gasteiger partial charge in [-0.2, -0.15) is 0 Å². The summed E-state index contributed by atoms with van der Waals surface area (Å²) < 4.78 is 0. The highest BCUT2D eigenvalue weighted by molar-refractivity contribution is 6.33. The van der Waals surface area contributed by atoms with Crippen LogP contribution in [0.1, 0.15) is 12.8 Å². The predicted octanol–water partition coefficient (Wildman–Crippen LogP) is 2.08.